The number of nitrogens with one attached hydrogen (secondary N) is 17. The van der Waals surface area contributed by atoms with E-state index in [0.29, 0.717) is 24.3 Å². The van der Waals surface area contributed by atoms with Crippen LogP contribution >= 0.6 is 0 Å². The number of carboxylic acid groups (broad SMARTS) is 2. The molecule has 2 heterocycles. The Balaban J connectivity index is 1.53. The molecular weight excluding hydrogens is 1440 g/mol. The summed E-state index contributed by atoms with van der Waals surface area (Å²) < 4.78 is 16.2. The van der Waals surface area contributed by atoms with Crippen LogP contribution in [0.3, 0.4) is 0 Å². The van der Waals surface area contributed by atoms with Gasteiger partial charge in [-0.1, -0.05) is 24.3 Å². The smallest absolute Gasteiger partial charge is 0.305 e. The normalized spacial score (nSPS) is 20.2. The number of aromatic hydroxyl groups is 2. The van der Waals surface area contributed by atoms with E-state index in [4.69, 9.17) is 42.2 Å². The number of phenolic OH excluding ortho intramolecular Hbond substituents is 2. The van der Waals surface area contributed by atoms with Crippen molar-refractivity contribution in [1.29, 1.82) is 10.8 Å². The highest BCUT2D eigenvalue weighted by molar-refractivity contribution is 6.00. The van der Waals surface area contributed by atoms with Crippen LogP contribution in [0.25, 0.3) is 0 Å². The standard InChI is InChI=1S/C67H102N20O22/c68-21-26-107-27-28-108-29-30-109-37-54(93)79-46(57(98)74-23-4-2-8-45-61(102)83-43(10-6-25-76-67(71)72)59(100)78-36-53(92)81-50(34-56(96)97)65(106)87-48(63(104)85-45)32-39-13-17-41(89)18-14-39)19-20-51(90)73-22-3-1-7-44-60(101)82-42(9-5-24-75-66(69)70)58(99)77-35-52(91)80-49(33-55(94)95)64(105)86-47(62(103)84-44)31-38-11-15-40(88)16-12-38/h11-18,42-50,88-89H,1-10,19-37,68H2,(H,73,90)(H,74,98)(H,77,99)(H,78,100)(H,79,93)(H,80,91)(H,81,92)(H,82,101)(H,83,102)(H,84,103)(H,85,104)(H,86,105)(H,87,106)(H,94,95)(H,96,97)(H4,69,70,75)(H4,71,72,76)/t42-,43-,44-,45-,46-,47+,48+,49-,50-/m0/s1. The number of guanidine groups is 2. The van der Waals surface area contributed by atoms with Crippen LogP contribution in [0.5, 0.6) is 11.5 Å². The van der Waals surface area contributed by atoms with Gasteiger partial charge in [0.2, 0.25) is 76.8 Å². The number of hydrogen-bond acceptors (Lipinski definition) is 23. The van der Waals surface area contributed by atoms with Crippen molar-refractivity contribution in [2.45, 2.75) is 157 Å². The molecular formula is C67H102N20O22. The average molecular weight is 1540 g/mol. The Hall–Kier alpha value is -11.5. The van der Waals surface area contributed by atoms with E-state index in [9.17, 15) is 92.3 Å². The molecule has 42 nitrogen and oxygen atoms in total. The minimum absolute atomic E-state index is 0.0388. The van der Waals surface area contributed by atoms with E-state index in [1.165, 1.54) is 48.5 Å². The number of carboxylic acids is 2. The second-order valence-electron chi connectivity index (χ2n) is 25.3. The van der Waals surface area contributed by atoms with Crippen LogP contribution in [0.4, 0.5) is 0 Å². The Labute approximate surface area is 626 Å². The van der Waals surface area contributed by atoms with E-state index < -0.39 is 176 Å². The van der Waals surface area contributed by atoms with Gasteiger partial charge in [-0.05, 0) is 106 Å². The summed E-state index contributed by atoms with van der Waals surface area (Å²) >= 11 is 0. The lowest BCUT2D eigenvalue weighted by Crippen LogP contribution is -2.58. The predicted octanol–water partition coefficient (Wildman–Crippen LogP) is -7.66. The first-order valence-corrected chi connectivity index (χ1v) is 35.4. The quantitative estimate of drug-likeness (QED) is 0.0167. The first-order valence-electron chi connectivity index (χ1n) is 35.4. The lowest BCUT2D eigenvalue weighted by atomic mass is 10.0. The van der Waals surface area contributed by atoms with Crippen LogP contribution in [0.1, 0.15) is 101 Å². The third-order valence-electron chi connectivity index (χ3n) is 16.4. The molecule has 2 aliphatic rings. The second kappa shape index (κ2) is 49.4. The molecule has 27 N–H and O–H groups in total. The zero-order chi connectivity index (χ0) is 80.2. The van der Waals surface area contributed by atoms with Crippen molar-refractivity contribution in [2.24, 2.45) is 17.2 Å². The lowest BCUT2D eigenvalue weighted by Gasteiger charge is -2.26. The Morgan fingerprint density at radius 1 is 0.440 bits per heavy atom. The Morgan fingerprint density at radius 2 is 0.798 bits per heavy atom. The minimum atomic E-state index is -1.76. The maximum absolute atomic E-state index is 14.4. The lowest BCUT2D eigenvalue weighted by molar-refractivity contribution is -0.141. The first-order chi connectivity index (χ1) is 52.0. The monoisotopic (exact) mass is 1540 g/mol. The van der Waals surface area contributed by atoms with Gasteiger partial charge in [-0.15, -0.1) is 0 Å². The number of hydrogen-bond donors (Lipinski definition) is 24. The number of carbonyl (C=O) groups is 15. The number of benzene rings is 2. The van der Waals surface area contributed by atoms with Crippen LogP contribution < -0.4 is 97.0 Å². The number of ether oxygens (including phenoxy) is 3. The molecule has 13 amide bonds. The van der Waals surface area contributed by atoms with Gasteiger partial charge in [0.25, 0.3) is 0 Å². The summed E-state index contributed by atoms with van der Waals surface area (Å²) in [6, 6.07) is -2.64. The summed E-state index contributed by atoms with van der Waals surface area (Å²) in [5.41, 5.74) is 17.1. The highest BCUT2D eigenvalue weighted by Gasteiger charge is 2.36. The molecule has 42 heteroatoms. The highest BCUT2D eigenvalue weighted by Crippen LogP contribution is 2.16. The molecule has 2 aromatic rings. The predicted molar refractivity (Wildman–Crippen MR) is 384 cm³/mol. The van der Waals surface area contributed by atoms with Crippen molar-refractivity contribution in [2.75, 3.05) is 85.5 Å². The molecule has 0 bridgehead atoms. The summed E-state index contributed by atoms with van der Waals surface area (Å²) in [7, 11) is 0. The number of nitrogens with two attached hydrogens (primary N) is 3. The zero-order valence-electron chi connectivity index (χ0n) is 60.2. The van der Waals surface area contributed by atoms with Gasteiger partial charge in [0, 0.05) is 52.0 Å². The molecule has 9 atom stereocenters. The van der Waals surface area contributed by atoms with Crippen molar-refractivity contribution in [1.82, 2.24) is 79.8 Å². The number of unbranched alkanes of at least 4 members (excludes halogenated alkanes) is 2. The Kier molecular flexibility index (Phi) is 40.7. The Morgan fingerprint density at radius 3 is 1.21 bits per heavy atom. The van der Waals surface area contributed by atoms with Gasteiger partial charge in [0.15, 0.2) is 11.9 Å². The van der Waals surface area contributed by atoms with E-state index in [1.54, 1.807) is 0 Å². The van der Waals surface area contributed by atoms with E-state index in [-0.39, 0.29) is 166 Å². The van der Waals surface area contributed by atoms with Crippen molar-refractivity contribution in [3.63, 3.8) is 0 Å². The summed E-state index contributed by atoms with van der Waals surface area (Å²) in [4.78, 5) is 203. The van der Waals surface area contributed by atoms with E-state index in [0.717, 1.165) is 0 Å². The zero-order valence-corrected chi connectivity index (χ0v) is 60.2. The third kappa shape index (κ3) is 37.0. The molecule has 0 spiro atoms. The summed E-state index contributed by atoms with van der Waals surface area (Å²) in [5, 5.41) is 91.9. The van der Waals surface area contributed by atoms with E-state index in [2.05, 4.69) is 79.8 Å². The molecule has 0 aromatic heterocycles. The molecule has 2 aromatic carbocycles. The molecule has 0 radical (unpaired) electrons. The van der Waals surface area contributed by atoms with E-state index >= 15 is 0 Å². The van der Waals surface area contributed by atoms with Gasteiger partial charge in [-0.2, -0.15) is 0 Å². The number of carbonyl (C=O) groups excluding carboxylic acids is 13. The van der Waals surface area contributed by atoms with Crippen molar-refractivity contribution in [3.8, 4) is 11.5 Å². The molecule has 2 fully saturated rings. The SMILES string of the molecule is N=C(N)NCCC[C@@H]1NC(=O)[C@H](CCCCNC(=O)CC[C@H](NC(=O)COCCOCCOCCN)C(=O)NCCCC[C@@H]2NC(=O)[C@@H](Cc3ccc(O)cc3)NC(=O)[C@H](CC(=O)O)NC(=O)CNC(=O)[C@H](CCCNC(=N)N)NC2=O)NC(=O)[C@@H](Cc2ccc(O)cc2)NC(=O)[C@H](CC(=O)O)NC(=O)CNC1=O. The third-order valence-corrected chi connectivity index (χ3v) is 16.4. The van der Waals surface area contributed by atoms with Gasteiger partial charge in [0.05, 0.1) is 59.0 Å². The van der Waals surface area contributed by atoms with Crippen LogP contribution in [0, 0.1) is 10.8 Å². The van der Waals surface area contributed by atoms with Gasteiger partial charge >= 0.3 is 11.9 Å². The van der Waals surface area contributed by atoms with Crippen LogP contribution in [-0.2, 0) is 99.0 Å². The van der Waals surface area contributed by atoms with Crippen molar-refractivity contribution >= 4 is 101 Å². The van der Waals surface area contributed by atoms with Crippen molar-refractivity contribution in [3.05, 3.63) is 59.7 Å². The summed E-state index contributed by atoms with van der Waals surface area (Å²) in [6.07, 6.45) is -3.01. The summed E-state index contributed by atoms with van der Waals surface area (Å²) in [6.45, 7) is -0.977. The highest BCUT2D eigenvalue weighted by atomic mass is 16.5. The fourth-order valence-electron chi connectivity index (χ4n) is 10.8. The maximum atomic E-state index is 14.4. The molecule has 0 saturated carbocycles. The molecule has 2 saturated heterocycles. The molecule has 4 rings (SSSR count). The largest absolute Gasteiger partial charge is 0.508 e. The second-order valence-corrected chi connectivity index (χ2v) is 25.3. The fraction of sp³-hybridized carbons (Fsp3) is 0.567. The average Bonchev–Trinajstić information content (AvgIpc) is 1.85. The van der Waals surface area contributed by atoms with Gasteiger partial charge in [-0.25, -0.2) is 0 Å². The van der Waals surface area contributed by atoms with Gasteiger partial charge < -0.3 is 132 Å². The number of amides is 13. The number of aliphatic carboxylic acids is 2. The maximum Gasteiger partial charge on any atom is 0.305 e. The molecule has 0 unspecified atom stereocenters. The number of phenols is 2. The fourth-order valence-corrected chi connectivity index (χ4v) is 10.8. The van der Waals surface area contributed by atoms with Crippen LogP contribution in [0.2, 0.25) is 0 Å². The molecule has 0 aliphatic carbocycles. The van der Waals surface area contributed by atoms with Gasteiger partial charge in [0.1, 0.15) is 72.5 Å². The van der Waals surface area contributed by atoms with Crippen LogP contribution in [0.15, 0.2) is 48.5 Å². The Bertz CT molecular complexity index is 3430. The molecule has 109 heavy (non-hydrogen) atoms. The number of rotatable bonds is 41. The summed E-state index contributed by atoms with van der Waals surface area (Å²) in [5.74, 6) is -15.8. The molecule has 2 aliphatic heterocycles. The minimum Gasteiger partial charge on any atom is -0.508 e. The van der Waals surface area contributed by atoms with E-state index in [1.807, 2.05) is 0 Å². The van der Waals surface area contributed by atoms with Crippen molar-refractivity contribution < 1.29 is 107 Å². The van der Waals surface area contributed by atoms with Crippen LogP contribution in [-0.4, -0.2) is 261 Å². The first kappa shape index (κ1) is 89.9. The van der Waals surface area contributed by atoms with Gasteiger partial charge in [-0.3, -0.25) is 82.7 Å². The topological polar surface area (TPSA) is 671 Å². The molecule has 602 valence electrons.